The van der Waals surface area contributed by atoms with Gasteiger partial charge >= 0.3 is 17.9 Å². The molecular formula is C54H88N12O18. The van der Waals surface area contributed by atoms with Crippen LogP contribution < -0.4 is 64.6 Å². The third-order valence-corrected chi connectivity index (χ3v) is 12.7. The molecule has 0 aliphatic heterocycles. The number of carbonyl (C=O) groups excluding carboxylic acids is 10. The fourth-order valence-electron chi connectivity index (χ4n) is 8.19. The zero-order valence-electron chi connectivity index (χ0n) is 49.0. The number of carbonyl (C=O) groups is 13. The molecule has 11 atom stereocenters. The summed E-state index contributed by atoms with van der Waals surface area (Å²) in [5.74, 6) is -16.4. The molecule has 0 saturated carbocycles. The number of nitrogens with two attached hydrogens (primary N) is 2. The molecule has 1 rings (SSSR count). The van der Waals surface area contributed by atoms with Gasteiger partial charge < -0.3 is 90.2 Å². The van der Waals surface area contributed by atoms with E-state index in [1.807, 2.05) is 0 Å². The monoisotopic (exact) mass is 1190 g/mol. The summed E-state index contributed by atoms with van der Waals surface area (Å²) in [5, 5.41) is 73.0. The van der Waals surface area contributed by atoms with Crippen molar-refractivity contribution in [3.63, 3.8) is 0 Å². The molecule has 0 heterocycles. The van der Waals surface area contributed by atoms with E-state index in [0.717, 1.165) is 6.92 Å². The molecule has 84 heavy (non-hydrogen) atoms. The molecule has 0 radical (unpaired) electrons. The van der Waals surface area contributed by atoms with Gasteiger partial charge in [-0.1, -0.05) is 85.7 Å². The predicted octanol–water partition coefficient (Wildman–Crippen LogP) is -4.02. The van der Waals surface area contributed by atoms with Gasteiger partial charge in [0.2, 0.25) is 59.1 Å². The van der Waals surface area contributed by atoms with E-state index in [-0.39, 0.29) is 37.5 Å². The number of hydrogen-bond acceptors (Lipinski definition) is 17. The molecule has 0 aromatic heterocycles. The van der Waals surface area contributed by atoms with Crippen LogP contribution >= 0.6 is 0 Å². The van der Waals surface area contributed by atoms with E-state index in [1.165, 1.54) is 0 Å². The van der Waals surface area contributed by atoms with Gasteiger partial charge in [0.15, 0.2) is 0 Å². The quantitative estimate of drug-likeness (QED) is 0.0279. The van der Waals surface area contributed by atoms with E-state index in [4.69, 9.17) is 11.5 Å². The van der Waals surface area contributed by atoms with Gasteiger partial charge in [0.25, 0.3) is 0 Å². The topological polar surface area (TPSA) is 495 Å². The van der Waals surface area contributed by atoms with Crippen molar-refractivity contribution in [2.45, 2.75) is 180 Å². The van der Waals surface area contributed by atoms with E-state index in [9.17, 15) is 87.9 Å². The fraction of sp³-hybridized carbons (Fsp3) is 0.648. The van der Waals surface area contributed by atoms with Gasteiger partial charge in [-0.15, -0.1) is 0 Å². The zero-order valence-corrected chi connectivity index (χ0v) is 49.0. The Bertz CT molecular complexity index is 2410. The number of aliphatic carboxylic acids is 3. The number of amides is 10. The largest absolute Gasteiger partial charge is 0.481 e. The van der Waals surface area contributed by atoms with Crippen LogP contribution in [-0.4, -0.2) is 189 Å². The smallest absolute Gasteiger partial charge is 0.326 e. The minimum Gasteiger partial charge on any atom is -0.481 e. The van der Waals surface area contributed by atoms with Gasteiger partial charge in [-0.2, -0.15) is 0 Å². The SMILES string of the molecule is CC(C)C[C@H](NC(=O)CNC(=O)[C@@H](NC(=O)[C@H](CC(=O)O)NC(=O)[C@@H](N)CC(C)C)[C@@H](C)O)C(=O)N[C@@H](CO)C(=O)N[C@@H](CC(=O)O)C(=O)N[C@@H](Cc1ccccc1)C(=O)N[C@H](C(=O)N[C@H](C(=O)N[C@@H](CCCCN)C(=O)O)C(C)C)C(C)C. The molecule has 0 aliphatic rings. The van der Waals surface area contributed by atoms with Crippen molar-refractivity contribution < 1.29 is 87.9 Å². The maximum absolute atomic E-state index is 14.2. The van der Waals surface area contributed by atoms with E-state index in [2.05, 4.69) is 53.2 Å². The van der Waals surface area contributed by atoms with Crippen LogP contribution in [0.25, 0.3) is 0 Å². The van der Waals surface area contributed by atoms with Crippen LogP contribution in [0.4, 0.5) is 0 Å². The summed E-state index contributed by atoms with van der Waals surface area (Å²) in [4.78, 5) is 171. The molecule has 10 amide bonds. The lowest BCUT2D eigenvalue weighted by Crippen LogP contribution is -2.62. The Morgan fingerprint density at radius 2 is 0.905 bits per heavy atom. The average Bonchev–Trinajstić information content (AvgIpc) is 3.58. The Labute approximate surface area is 487 Å². The van der Waals surface area contributed by atoms with E-state index in [0.29, 0.717) is 24.9 Å². The Morgan fingerprint density at radius 1 is 0.476 bits per heavy atom. The number of carboxylic acid groups (broad SMARTS) is 3. The van der Waals surface area contributed by atoms with Crippen molar-refractivity contribution in [3.05, 3.63) is 35.9 Å². The number of carboxylic acids is 3. The standard InChI is InChI=1S/C54H88N12O18/c1-26(2)19-32(56)45(74)60-37(23-41(72)73)49(78)66-44(30(9)68)51(80)57-24-39(69)58-34(20-27(3)4)46(75)63-38(25-67)50(79)62-36(22-40(70)71)47(76)61-35(21-31-15-11-10-12-16-31)48(77)64-43(29(7)8)53(82)65-42(28(5)6)52(81)59-33(54(83)84)17-13-14-18-55/h10-12,15-16,26-30,32-38,42-44,67-68H,13-14,17-25,55-56H2,1-9H3,(H,57,80)(H,58,69)(H,59,81)(H,60,74)(H,61,76)(H,62,79)(H,63,75)(H,64,77)(H,65,82)(H,66,78)(H,70,71)(H,72,73)(H,83,84)/t30-,32+,33+,34+,35+,36+,37+,38+,42+,43+,44+/m1/s1. The van der Waals surface area contributed by atoms with Crippen LogP contribution in [0.15, 0.2) is 30.3 Å². The molecular weight excluding hydrogens is 1100 g/mol. The van der Waals surface area contributed by atoms with Crippen LogP contribution in [0.1, 0.15) is 113 Å². The van der Waals surface area contributed by atoms with Crippen LogP contribution in [-0.2, 0) is 68.7 Å². The lowest BCUT2D eigenvalue weighted by atomic mass is 9.98. The van der Waals surface area contributed by atoms with Crippen molar-refractivity contribution in [3.8, 4) is 0 Å². The molecule has 19 N–H and O–H groups in total. The highest BCUT2D eigenvalue weighted by molar-refractivity contribution is 5.99. The van der Waals surface area contributed by atoms with Crippen LogP contribution in [0.3, 0.4) is 0 Å². The summed E-state index contributed by atoms with van der Waals surface area (Å²) in [6.45, 7) is 12.6. The highest BCUT2D eigenvalue weighted by Crippen LogP contribution is 2.13. The molecule has 0 spiro atoms. The average molecular weight is 1190 g/mol. The molecule has 0 unspecified atom stereocenters. The predicted molar refractivity (Wildman–Crippen MR) is 301 cm³/mol. The maximum atomic E-state index is 14.2. The Balaban J connectivity index is 3.34. The highest BCUT2D eigenvalue weighted by atomic mass is 16.4. The molecule has 472 valence electrons. The number of benzene rings is 1. The van der Waals surface area contributed by atoms with Crippen LogP contribution in [0.2, 0.25) is 0 Å². The third-order valence-electron chi connectivity index (χ3n) is 12.7. The lowest BCUT2D eigenvalue weighted by Gasteiger charge is -2.29. The highest BCUT2D eigenvalue weighted by Gasteiger charge is 2.37. The first-order chi connectivity index (χ1) is 39.2. The summed E-state index contributed by atoms with van der Waals surface area (Å²) in [5.41, 5.74) is 11.9. The third kappa shape index (κ3) is 27.5. The molecule has 30 heteroatoms. The molecule has 1 aromatic carbocycles. The summed E-state index contributed by atoms with van der Waals surface area (Å²) in [6.07, 6.45) is -2.85. The Morgan fingerprint density at radius 3 is 1.38 bits per heavy atom. The lowest BCUT2D eigenvalue weighted by molar-refractivity contribution is -0.143. The van der Waals surface area contributed by atoms with Crippen molar-refractivity contribution in [2.75, 3.05) is 19.7 Å². The summed E-state index contributed by atoms with van der Waals surface area (Å²) in [6, 6.07) is -7.34. The second kappa shape index (κ2) is 37.4. The van der Waals surface area contributed by atoms with Gasteiger partial charge in [-0.05, 0) is 74.8 Å². The Hall–Kier alpha value is -7.83. The second-order valence-corrected chi connectivity index (χ2v) is 21.9. The number of rotatable bonds is 39. The minimum atomic E-state index is -1.98. The molecule has 30 nitrogen and oxygen atoms in total. The van der Waals surface area contributed by atoms with Crippen molar-refractivity contribution in [1.29, 1.82) is 0 Å². The van der Waals surface area contributed by atoms with Crippen LogP contribution in [0, 0.1) is 23.7 Å². The van der Waals surface area contributed by atoms with Gasteiger partial charge in [-0.25, -0.2) is 4.79 Å². The number of aliphatic hydroxyl groups is 2. The first kappa shape index (κ1) is 74.2. The van der Waals surface area contributed by atoms with Gasteiger partial charge in [0, 0.05) is 6.42 Å². The van der Waals surface area contributed by atoms with Crippen molar-refractivity contribution in [1.82, 2.24) is 53.2 Å². The van der Waals surface area contributed by atoms with E-state index >= 15 is 0 Å². The van der Waals surface area contributed by atoms with Crippen LogP contribution in [0.5, 0.6) is 0 Å². The number of nitrogens with one attached hydrogen (secondary N) is 10. The molecule has 1 aromatic rings. The summed E-state index contributed by atoms with van der Waals surface area (Å²) in [7, 11) is 0. The zero-order chi connectivity index (χ0) is 64.1. The number of hydrogen-bond donors (Lipinski definition) is 17. The second-order valence-electron chi connectivity index (χ2n) is 21.9. The fourth-order valence-corrected chi connectivity index (χ4v) is 8.19. The minimum absolute atomic E-state index is 0.0318. The first-order valence-corrected chi connectivity index (χ1v) is 27.7. The molecule has 0 saturated heterocycles. The summed E-state index contributed by atoms with van der Waals surface area (Å²) < 4.78 is 0. The Kier molecular flexibility index (Phi) is 33.0. The first-order valence-electron chi connectivity index (χ1n) is 27.7. The van der Waals surface area contributed by atoms with E-state index < -0.39 is 181 Å². The maximum Gasteiger partial charge on any atom is 0.326 e. The number of unbranched alkanes of at least 4 members (excludes halogenated alkanes) is 1. The molecule has 0 fully saturated rings. The number of aliphatic hydroxyl groups excluding tert-OH is 2. The normalized spacial score (nSPS) is 15.2. The van der Waals surface area contributed by atoms with Gasteiger partial charge in [0.05, 0.1) is 38.1 Å². The van der Waals surface area contributed by atoms with Crippen molar-refractivity contribution in [2.24, 2.45) is 35.1 Å². The molecule has 0 bridgehead atoms. The van der Waals surface area contributed by atoms with Gasteiger partial charge in [-0.3, -0.25) is 57.5 Å². The summed E-state index contributed by atoms with van der Waals surface area (Å²) >= 11 is 0. The van der Waals surface area contributed by atoms with Gasteiger partial charge in [0.1, 0.15) is 54.4 Å². The molecule has 0 aliphatic carbocycles. The van der Waals surface area contributed by atoms with Crippen molar-refractivity contribution >= 4 is 77.0 Å². The van der Waals surface area contributed by atoms with E-state index in [1.54, 1.807) is 85.7 Å².